The van der Waals surface area contributed by atoms with E-state index in [1.54, 1.807) is 0 Å². The van der Waals surface area contributed by atoms with Gasteiger partial charge in [-0.2, -0.15) is 5.10 Å². The van der Waals surface area contributed by atoms with Crippen LogP contribution in [-0.4, -0.2) is 47.5 Å². The van der Waals surface area contributed by atoms with Gasteiger partial charge in [0.15, 0.2) is 5.69 Å². The van der Waals surface area contributed by atoms with Crippen molar-refractivity contribution in [2.75, 3.05) is 29.8 Å². The number of amides is 3. The molecule has 0 saturated carbocycles. The van der Waals surface area contributed by atoms with Crippen LogP contribution in [0.5, 0.6) is 5.75 Å². The summed E-state index contributed by atoms with van der Waals surface area (Å²) in [6, 6.07) is -0.144. The predicted molar refractivity (Wildman–Crippen MR) is 127 cm³/mol. The van der Waals surface area contributed by atoms with Crippen LogP contribution in [0.2, 0.25) is 0 Å². The molecule has 34 heavy (non-hydrogen) atoms. The van der Waals surface area contributed by atoms with Crippen LogP contribution in [0, 0.1) is 0 Å². The molecule has 2 N–H and O–H groups in total. The number of methoxy groups -OCH3 is 1. The Morgan fingerprint density at radius 1 is 1.03 bits per heavy atom. The van der Waals surface area contributed by atoms with Crippen molar-refractivity contribution in [2.24, 2.45) is 5.73 Å². The van der Waals surface area contributed by atoms with E-state index in [4.69, 9.17) is 31.0 Å². The SMILES string of the molecule is [2H]c1c([2H])c(N2C(=O)c3c(c(C(N)=O)nn3-c3ccc(OC([2H])([2H])[2H])cc3)C([2H])([2H])C2([2H])[2H])c([2H])c([2H])c1N1C(=O)C([2H])([2H])CCC1([2H])[2H]. The molecule has 9 nitrogen and oxygen atoms in total. The van der Waals surface area contributed by atoms with E-state index in [1.165, 1.54) is 12.1 Å². The van der Waals surface area contributed by atoms with Gasteiger partial charge in [0.25, 0.3) is 11.8 Å². The quantitative estimate of drug-likeness (QED) is 0.611. The van der Waals surface area contributed by atoms with Crippen LogP contribution in [0.4, 0.5) is 11.4 Å². The first kappa shape index (κ1) is 10.4. The van der Waals surface area contributed by atoms with Gasteiger partial charge in [-0.25, -0.2) is 4.68 Å². The summed E-state index contributed by atoms with van der Waals surface area (Å²) in [7, 11) is -2.83. The average molecular weight is 475 g/mol. The number of hydrogen-bond acceptors (Lipinski definition) is 5. The van der Waals surface area contributed by atoms with Crippen molar-refractivity contribution < 1.29 is 39.7 Å². The summed E-state index contributed by atoms with van der Waals surface area (Å²) < 4.78 is 130. The van der Waals surface area contributed by atoms with Crippen molar-refractivity contribution in [3.05, 3.63) is 65.4 Å². The lowest BCUT2D eigenvalue weighted by molar-refractivity contribution is -0.119. The summed E-state index contributed by atoms with van der Waals surface area (Å²) in [6.07, 6.45) is -7.18. The maximum atomic E-state index is 14.3. The zero-order valence-electron chi connectivity index (χ0n) is 32.2. The van der Waals surface area contributed by atoms with Gasteiger partial charge in [-0.1, -0.05) is 0 Å². The molecular weight excluding hydrogens is 434 g/mol. The van der Waals surface area contributed by atoms with Crippen LogP contribution >= 0.6 is 0 Å². The molecule has 3 amide bonds. The highest BCUT2D eigenvalue weighted by atomic mass is 16.5. The van der Waals surface area contributed by atoms with Gasteiger partial charge in [-0.3, -0.25) is 14.4 Å². The number of carbonyl (C=O) groups excluding carboxylic acids is 3. The van der Waals surface area contributed by atoms with Gasteiger partial charge >= 0.3 is 0 Å². The number of ether oxygens (including phenoxy) is 1. The number of nitrogens with zero attached hydrogens (tertiary/aromatic N) is 4. The Balaban J connectivity index is 1.76. The van der Waals surface area contributed by atoms with E-state index in [1.807, 2.05) is 0 Å². The van der Waals surface area contributed by atoms with E-state index in [0.29, 0.717) is 4.68 Å². The van der Waals surface area contributed by atoms with Crippen molar-refractivity contribution in [3.63, 3.8) is 0 Å². The second kappa shape index (κ2) is 8.66. The fourth-order valence-corrected chi connectivity index (χ4v) is 3.37. The second-order valence-electron chi connectivity index (χ2n) is 6.99. The van der Waals surface area contributed by atoms with Gasteiger partial charge in [-0.05, 0) is 67.6 Å². The van der Waals surface area contributed by atoms with Crippen LogP contribution < -0.4 is 20.3 Å². The van der Waals surface area contributed by atoms with Crippen LogP contribution in [0.25, 0.3) is 5.69 Å². The highest BCUT2D eigenvalue weighted by Crippen LogP contribution is 2.31. The highest BCUT2D eigenvalue weighted by molar-refractivity contribution is 6.09. The first-order valence-electron chi connectivity index (χ1n) is 17.3. The Morgan fingerprint density at radius 2 is 1.74 bits per heavy atom. The Labute approximate surface area is 217 Å². The maximum absolute atomic E-state index is 14.3. The number of benzene rings is 2. The van der Waals surface area contributed by atoms with Crippen molar-refractivity contribution >= 4 is 29.1 Å². The third-order valence-corrected chi connectivity index (χ3v) is 4.94. The van der Waals surface area contributed by atoms with Gasteiger partial charge in [0, 0.05) is 44.5 Å². The summed E-state index contributed by atoms with van der Waals surface area (Å²) in [4.78, 5) is 39.9. The Morgan fingerprint density at radius 3 is 2.41 bits per heavy atom. The number of carbonyl (C=O) groups is 3. The van der Waals surface area contributed by atoms with Crippen LogP contribution in [-0.2, 0) is 11.2 Å². The third kappa shape index (κ3) is 3.68. The molecule has 1 saturated heterocycles. The molecule has 3 heterocycles. The zero-order valence-corrected chi connectivity index (χ0v) is 17.2. The van der Waals surface area contributed by atoms with Crippen molar-refractivity contribution in [1.29, 1.82) is 0 Å². The molecule has 2 aromatic carbocycles. The smallest absolute Gasteiger partial charge is 0.277 e. The number of aromatic nitrogens is 2. The van der Waals surface area contributed by atoms with Gasteiger partial charge in [0.1, 0.15) is 11.4 Å². The lowest BCUT2D eigenvalue weighted by Gasteiger charge is -2.29. The van der Waals surface area contributed by atoms with Crippen molar-refractivity contribution in [3.8, 4) is 11.4 Å². The van der Waals surface area contributed by atoms with Gasteiger partial charge in [0.2, 0.25) is 5.91 Å². The summed E-state index contributed by atoms with van der Waals surface area (Å²) in [5, 5.41) is 3.95. The van der Waals surface area contributed by atoms with Crippen molar-refractivity contribution in [2.45, 2.75) is 25.6 Å². The molecule has 0 bridgehead atoms. The first-order valence-corrected chi connectivity index (χ1v) is 9.80. The monoisotopic (exact) mass is 474 g/mol. The molecule has 0 unspecified atom stereocenters. The third-order valence-electron chi connectivity index (χ3n) is 4.94. The minimum atomic E-state index is -3.59. The Bertz CT molecular complexity index is 1900. The fourth-order valence-electron chi connectivity index (χ4n) is 3.37. The average Bonchev–Trinajstić information content (AvgIpc) is 3.39. The van der Waals surface area contributed by atoms with E-state index >= 15 is 0 Å². The molecule has 0 spiro atoms. The number of anilines is 2. The second-order valence-corrected chi connectivity index (χ2v) is 6.99. The lowest BCUT2D eigenvalue weighted by Crippen LogP contribution is -2.39. The Kier molecular flexibility index (Phi) is 2.65. The minimum Gasteiger partial charge on any atom is -0.497 e. The van der Waals surface area contributed by atoms with Crippen molar-refractivity contribution in [1.82, 2.24) is 9.78 Å². The topological polar surface area (TPSA) is 111 Å². The number of nitrogens with two attached hydrogens (primary N) is 1. The van der Waals surface area contributed by atoms with Gasteiger partial charge in [-0.15, -0.1) is 0 Å². The van der Waals surface area contributed by atoms with E-state index in [0.717, 1.165) is 12.1 Å². The lowest BCUT2D eigenvalue weighted by atomic mass is 10.0. The number of piperidine rings is 1. The molecule has 3 aromatic rings. The number of hydrogen-bond donors (Lipinski definition) is 1. The van der Waals surface area contributed by atoms with E-state index in [2.05, 4.69) is 5.10 Å². The number of rotatable bonds is 5. The van der Waals surface area contributed by atoms with Gasteiger partial charge < -0.3 is 20.3 Å². The molecule has 1 fully saturated rings. The number of fused-ring (bicyclic) bond motifs is 1. The normalized spacial score (nSPS) is 28.6. The summed E-state index contributed by atoms with van der Waals surface area (Å²) in [5.41, 5.74) is 0.608. The molecule has 5 rings (SSSR count). The van der Waals surface area contributed by atoms with Gasteiger partial charge in [0.05, 0.1) is 25.1 Å². The molecule has 9 heteroatoms. The van der Waals surface area contributed by atoms with E-state index < -0.39 is 116 Å². The molecule has 0 aliphatic carbocycles. The standard InChI is InChI=1S/C25H25N5O4/c1-34-19-11-9-18(10-12-19)30-23-20(22(27-30)24(26)32)13-15-29(25(23)33)17-7-5-16(6-8-17)28-14-3-2-4-21(28)31/h5-12H,2-4,13-15H2,1H3,(H2,26,32)/i1D3,4D2,5D,6D,7D,8D,13D2,14D2,15D2. The summed E-state index contributed by atoms with van der Waals surface area (Å²) >= 11 is 0. The molecule has 174 valence electrons. The van der Waals surface area contributed by atoms with E-state index in [-0.39, 0.29) is 21.2 Å². The molecule has 1 aromatic heterocycles. The van der Waals surface area contributed by atoms with Crippen LogP contribution in [0.1, 0.15) is 66.3 Å². The summed E-state index contributed by atoms with van der Waals surface area (Å²) in [5.74, 6) is -4.55. The number of primary amides is 1. The predicted octanol–water partition coefficient (Wildman–Crippen LogP) is 2.70. The summed E-state index contributed by atoms with van der Waals surface area (Å²) in [6.45, 7) is -6.27. The Hall–Kier alpha value is -4.14. The minimum absolute atomic E-state index is 0.0130. The molecule has 0 radical (unpaired) electrons. The van der Waals surface area contributed by atoms with Crippen LogP contribution in [0.3, 0.4) is 0 Å². The first-order chi connectivity index (χ1) is 22.3. The molecular formula is C25H25N5O4. The highest BCUT2D eigenvalue weighted by Gasteiger charge is 2.34. The van der Waals surface area contributed by atoms with Crippen LogP contribution in [0.15, 0.2) is 48.4 Å². The fraction of sp³-hybridized carbons (Fsp3) is 0.280. The van der Waals surface area contributed by atoms with E-state index in [9.17, 15) is 14.4 Å². The molecule has 0 atom stereocenters. The molecule has 2 aliphatic heterocycles. The largest absolute Gasteiger partial charge is 0.497 e. The zero-order chi connectivity index (χ0) is 37.0. The maximum Gasteiger partial charge on any atom is 0.277 e. The molecule has 2 aliphatic rings.